The van der Waals surface area contributed by atoms with Gasteiger partial charge in [0, 0.05) is 19.3 Å². The molecule has 2 heterocycles. The Morgan fingerprint density at radius 3 is 2.83 bits per heavy atom. The molecule has 1 aromatic rings. The Labute approximate surface area is 104 Å². The predicted octanol–water partition coefficient (Wildman–Crippen LogP) is -0.613. The molecule has 1 aromatic heterocycles. The van der Waals surface area contributed by atoms with E-state index < -0.39 is 6.04 Å². The van der Waals surface area contributed by atoms with E-state index in [9.17, 15) is 9.59 Å². The van der Waals surface area contributed by atoms with Crippen LogP contribution in [-0.2, 0) is 9.53 Å². The van der Waals surface area contributed by atoms with Gasteiger partial charge in [-0.3, -0.25) is 14.7 Å². The van der Waals surface area contributed by atoms with Crippen molar-refractivity contribution in [2.24, 2.45) is 0 Å². The number of nitrogens with one attached hydrogen (secondary N) is 2. The van der Waals surface area contributed by atoms with E-state index in [1.807, 2.05) is 0 Å². The molecule has 0 aromatic carbocycles. The van der Waals surface area contributed by atoms with Gasteiger partial charge < -0.3 is 15.0 Å². The summed E-state index contributed by atoms with van der Waals surface area (Å²) >= 11 is 0. The molecule has 1 unspecified atom stereocenters. The second-order valence-corrected chi connectivity index (χ2v) is 4.12. The van der Waals surface area contributed by atoms with Crippen molar-refractivity contribution in [1.29, 1.82) is 0 Å². The van der Waals surface area contributed by atoms with Crippen LogP contribution >= 0.6 is 0 Å². The number of aromatic nitrogens is 2. The van der Waals surface area contributed by atoms with Crippen molar-refractivity contribution in [3.8, 4) is 0 Å². The Bertz CT molecular complexity index is 412. The van der Waals surface area contributed by atoms with E-state index in [0.717, 1.165) is 0 Å². The molecule has 2 amide bonds. The van der Waals surface area contributed by atoms with Gasteiger partial charge in [0.15, 0.2) is 0 Å². The van der Waals surface area contributed by atoms with E-state index in [1.54, 1.807) is 11.8 Å². The number of amides is 2. The third kappa shape index (κ3) is 2.86. The van der Waals surface area contributed by atoms with Gasteiger partial charge in [-0.05, 0) is 6.92 Å². The molecule has 1 aliphatic rings. The highest BCUT2D eigenvalue weighted by Crippen LogP contribution is 2.02. The molecule has 0 bridgehead atoms. The molecule has 7 nitrogen and oxygen atoms in total. The number of nitrogens with zero attached hydrogens (tertiary/aromatic N) is 2. The van der Waals surface area contributed by atoms with E-state index in [-0.39, 0.29) is 11.8 Å². The van der Waals surface area contributed by atoms with Crippen LogP contribution in [0.1, 0.15) is 17.3 Å². The van der Waals surface area contributed by atoms with Crippen LogP contribution in [0.15, 0.2) is 12.4 Å². The largest absolute Gasteiger partial charge is 0.378 e. The second kappa shape index (κ2) is 5.63. The Balaban J connectivity index is 1.88. The number of ether oxygens (including phenoxy) is 1. The molecule has 2 rings (SSSR count). The molecular weight excluding hydrogens is 236 g/mol. The summed E-state index contributed by atoms with van der Waals surface area (Å²) in [5, 5.41) is 8.89. The van der Waals surface area contributed by atoms with Crippen LogP contribution in [0, 0.1) is 0 Å². The van der Waals surface area contributed by atoms with Crippen molar-refractivity contribution < 1.29 is 14.3 Å². The first kappa shape index (κ1) is 12.6. The smallest absolute Gasteiger partial charge is 0.255 e. The summed E-state index contributed by atoms with van der Waals surface area (Å²) in [6.45, 7) is 3.92. The predicted molar refractivity (Wildman–Crippen MR) is 62.9 cm³/mol. The third-order valence-corrected chi connectivity index (χ3v) is 2.80. The molecule has 1 atom stereocenters. The van der Waals surface area contributed by atoms with Crippen molar-refractivity contribution in [3.05, 3.63) is 18.0 Å². The first-order chi connectivity index (χ1) is 8.68. The topological polar surface area (TPSA) is 87.3 Å². The zero-order valence-corrected chi connectivity index (χ0v) is 10.2. The Morgan fingerprint density at radius 2 is 2.22 bits per heavy atom. The highest BCUT2D eigenvalue weighted by atomic mass is 16.5. The average molecular weight is 252 g/mol. The lowest BCUT2D eigenvalue weighted by Gasteiger charge is -2.29. The minimum absolute atomic E-state index is 0.0878. The number of carbonyl (C=O) groups excluding carboxylic acids is 2. The van der Waals surface area contributed by atoms with E-state index >= 15 is 0 Å². The maximum Gasteiger partial charge on any atom is 0.255 e. The van der Waals surface area contributed by atoms with Gasteiger partial charge in [0.25, 0.3) is 5.91 Å². The Kier molecular flexibility index (Phi) is 3.93. The summed E-state index contributed by atoms with van der Waals surface area (Å²) in [7, 11) is 0. The minimum atomic E-state index is -0.550. The van der Waals surface area contributed by atoms with Crippen molar-refractivity contribution in [2.75, 3.05) is 26.3 Å². The lowest BCUT2D eigenvalue weighted by atomic mass is 10.2. The normalized spacial score (nSPS) is 17.3. The highest BCUT2D eigenvalue weighted by Gasteiger charge is 2.24. The molecule has 0 radical (unpaired) electrons. The standard InChI is InChI=1S/C11H16N4O3/c1-8(11(17)15-2-4-18-5-3-15)14-10(16)9-6-12-13-7-9/h6-8H,2-5H2,1H3,(H,12,13)(H,14,16). The number of aromatic amines is 1. The van der Waals surface area contributed by atoms with Crippen molar-refractivity contribution >= 4 is 11.8 Å². The number of rotatable bonds is 3. The van der Waals surface area contributed by atoms with Crippen LogP contribution in [0.2, 0.25) is 0 Å². The van der Waals surface area contributed by atoms with Crippen molar-refractivity contribution in [2.45, 2.75) is 13.0 Å². The summed E-state index contributed by atoms with van der Waals surface area (Å²) in [5.74, 6) is -0.395. The number of carbonyl (C=O) groups is 2. The SMILES string of the molecule is CC(NC(=O)c1cn[nH]c1)C(=O)N1CCOCC1. The number of H-pyrrole nitrogens is 1. The lowest BCUT2D eigenvalue weighted by Crippen LogP contribution is -2.50. The molecule has 0 saturated carbocycles. The van der Waals surface area contributed by atoms with Crippen molar-refractivity contribution in [3.63, 3.8) is 0 Å². The zero-order valence-electron chi connectivity index (χ0n) is 10.2. The monoisotopic (exact) mass is 252 g/mol. The molecule has 2 N–H and O–H groups in total. The maximum absolute atomic E-state index is 12.0. The molecule has 98 valence electrons. The fourth-order valence-electron chi connectivity index (χ4n) is 1.77. The van der Waals surface area contributed by atoms with Crippen molar-refractivity contribution in [1.82, 2.24) is 20.4 Å². The third-order valence-electron chi connectivity index (χ3n) is 2.80. The van der Waals surface area contributed by atoms with Crippen LogP contribution in [0.5, 0.6) is 0 Å². The fourth-order valence-corrected chi connectivity index (χ4v) is 1.77. The molecule has 18 heavy (non-hydrogen) atoms. The van der Waals surface area contributed by atoms with Gasteiger partial charge in [-0.25, -0.2) is 0 Å². The molecule has 1 aliphatic heterocycles. The molecule has 0 aliphatic carbocycles. The zero-order chi connectivity index (χ0) is 13.0. The average Bonchev–Trinajstić information content (AvgIpc) is 2.92. The lowest BCUT2D eigenvalue weighted by molar-refractivity contribution is -0.136. The van der Waals surface area contributed by atoms with Crippen LogP contribution in [0.4, 0.5) is 0 Å². The van der Waals surface area contributed by atoms with E-state index in [0.29, 0.717) is 31.9 Å². The first-order valence-electron chi connectivity index (χ1n) is 5.84. The molecule has 1 saturated heterocycles. The Morgan fingerprint density at radius 1 is 1.50 bits per heavy atom. The quantitative estimate of drug-likeness (QED) is 0.751. The fraction of sp³-hybridized carbons (Fsp3) is 0.545. The Hall–Kier alpha value is -1.89. The van der Waals surface area contributed by atoms with E-state index in [1.165, 1.54) is 12.4 Å². The minimum Gasteiger partial charge on any atom is -0.378 e. The van der Waals surface area contributed by atoms with Gasteiger partial charge in [0.05, 0.1) is 25.0 Å². The van der Waals surface area contributed by atoms with Gasteiger partial charge >= 0.3 is 0 Å². The van der Waals surface area contributed by atoms with E-state index in [4.69, 9.17) is 4.74 Å². The molecular formula is C11H16N4O3. The van der Waals surface area contributed by atoms with Crippen LogP contribution < -0.4 is 5.32 Å². The van der Waals surface area contributed by atoms with Gasteiger partial charge in [0.1, 0.15) is 6.04 Å². The highest BCUT2D eigenvalue weighted by molar-refractivity contribution is 5.97. The van der Waals surface area contributed by atoms with Crippen LogP contribution in [-0.4, -0.2) is 59.3 Å². The van der Waals surface area contributed by atoms with Crippen LogP contribution in [0.3, 0.4) is 0 Å². The van der Waals surface area contributed by atoms with Gasteiger partial charge in [-0.15, -0.1) is 0 Å². The number of hydrogen-bond donors (Lipinski definition) is 2. The maximum atomic E-state index is 12.0. The molecule has 0 spiro atoms. The summed E-state index contributed by atoms with van der Waals surface area (Å²) in [4.78, 5) is 25.5. The number of morpholine rings is 1. The van der Waals surface area contributed by atoms with Gasteiger partial charge in [-0.1, -0.05) is 0 Å². The summed E-state index contributed by atoms with van der Waals surface area (Å²) < 4.78 is 5.18. The molecule has 1 fully saturated rings. The van der Waals surface area contributed by atoms with E-state index in [2.05, 4.69) is 15.5 Å². The molecule has 7 heteroatoms. The number of hydrogen-bond acceptors (Lipinski definition) is 4. The van der Waals surface area contributed by atoms with Gasteiger partial charge in [0.2, 0.25) is 5.91 Å². The summed E-state index contributed by atoms with van der Waals surface area (Å²) in [6, 6.07) is -0.550. The summed E-state index contributed by atoms with van der Waals surface area (Å²) in [5.41, 5.74) is 0.414. The second-order valence-electron chi connectivity index (χ2n) is 4.12. The first-order valence-corrected chi connectivity index (χ1v) is 5.84. The summed E-state index contributed by atoms with van der Waals surface area (Å²) in [6.07, 6.45) is 2.91. The van der Waals surface area contributed by atoms with Crippen LogP contribution in [0.25, 0.3) is 0 Å². The van der Waals surface area contributed by atoms with Gasteiger partial charge in [-0.2, -0.15) is 5.10 Å².